The largest absolute Gasteiger partial charge is 0.455 e. The summed E-state index contributed by atoms with van der Waals surface area (Å²) in [5.74, 6) is 0.187. The van der Waals surface area contributed by atoms with Crippen molar-refractivity contribution < 1.29 is 22.5 Å². The van der Waals surface area contributed by atoms with Crippen LogP contribution in [0.5, 0.6) is 0 Å². The van der Waals surface area contributed by atoms with E-state index in [1.165, 1.54) is 28.6 Å². The summed E-state index contributed by atoms with van der Waals surface area (Å²) in [7, 11) is -3.69. The predicted molar refractivity (Wildman–Crippen MR) is 106 cm³/mol. The van der Waals surface area contributed by atoms with Gasteiger partial charge in [-0.3, -0.25) is 4.79 Å². The number of halogens is 1. The molecule has 1 saturated heterocycles. The van der Waals surface area contributed by atoms with Crippen molar-refractivity contribution in [3.8, 4) is 0 Å². The van der Waals surface area contributed by atoms with E-state index in [2.05, 4.69) is 10.1 Å². The van der Waals surface area contributed by atoms with Gasteiger partial charge in [0.05, 0.1) is 10.8 Å². The molecule has 1 aliphatic rings. The van der Waals surface area contributed by atoms with Crippen molar-refractivity contribution in [1.82, 2.24) is 14.4 Å². The summed E-state index contributed by atoms with van der Waals surface area (Å²) < 4.78 is 37.4. The quantitative estimate of drug-likeness (QED) is 0.608. The molecule has 1 aromatic heterocycles. The van der Waals surface area contributed by atoms with Crippen molar-refractivity contribution in [3.63, 3.8) is 0 Å². The van der Waals surface area contributed by atoms with E-state index in [0.29, 0.717) is 42.6 Å². The number of esters is 1. The van der Waals surface area contributed by atoms with E-state index < -0.39 is 21.9 Å². The summed E-state index contributed by atoms with van der Waals surface area (Å²) in [4.78, 5) is 16.8. The fourth-order valence-corrected chi connectivity index (χ4v) is 4.81. The zero-order valence-electron chi connectivity index (χ0n) is 16.4. The lowest BCUT2D eigenvalue weighted by atomic mass is 10.0. The van der Waals surface area contributed by atoms with Crippen molar-refractivity contribution >= 4 is 27.6 Å². The number of ether oxygens (including phenoxy) is 1. The van der Waals surface area contributed by atoms with Crippen molar-refractivity contribution in [2.24, 2.45) is 11.8 Å². The Kier molecular flexibility index (Phi) is 6.92. The first-order valence-corrected chi connectivity index (χ1v) is 11.3. The van der Waals surface area contributed by atoms with Gasteiger partial charge < -0.3 is 9.26 Å². The van der Waals surface area contributed by atoms with Crippen molar-refractivity contribution in [1.29, 1.82) is 0 Å². The molecule has 0 amide bonds. The van der Waals surface area contributed by atoms with E-state index in [0.717, 1.165) is 0 Å². The van der Waals surface area contributed by atoms with Crippen LogP contribution in [0.25, 0.3) is 0 Å². The Morgan fingerprint density at radius 1 is 1.34 bits per heavy atom. The first kappa shape index (κ1) is 21.7. The Bertz CT molecular complexity index is 943. The molecule has 0 bridgehead atoms. The molecular formula is C19H24ClN3O5S. The fraction of sp³-hybridized carbons (Fsp3) is 0.526. The van der Waals surface area contributed by atoms with Gasteiger partial charge in [-0.2, -0.15) is 9.29 Å². The number of rotatable bonds is 7. The molecule has 10 heteroatoms. The van der Waals surface area contributed by atoms with Crippen LogP contribution in [-0.4, -0.2) is 41.9 Å². The third kappa shape index (κ3) is 5.55. The van der Waals surface area contributed by atoms with Gasteiger partial charge in [-0.1, -0.05) is 30.6 Å². The van der Waals surface area contributed by atoms with Gasteiger partial charge in [0, 0.05) is 24.5 Å². The zero-order valence-corrected chi connectivity index (χ0v) is 17.9. The molecule has 0 spiro atoms. The van der Waals surface area contributed by atoms with E-state index in [-0.39, 0.29) is 23.9 Å². The van der Waals surface area contributed by atoms with Crippen molar-refractivity contribution in [2.45, 2.75) is 44.6 Å². The van der Waals surface area contributed by atoms with Crippen molar-refractivity contribution in [2.75, 3.05) is 13.1 Å². The van der Waals surface area contributed by atoms with Gasteiger partial charge in [-0.15, -0.1) is 0 Å². The number of hydrogen-bond donors (Lipinski definition) is 0. The van der Waals surface area contributed by atoms with Crippen LogP contribution in [0.3, 0.4) is 0 Å². The first-order chi connectivity index (χ1) is 13.8. The van der Waals surface area contributed by atoms with Crippen LogP contribution in [0.2, 0.25) is 5.02 Å². The molecular weight excluding hydrogens is 418 g/mol. The molecule has 0 saturated carbocycles. The van der Waals surface area contributed by atoms with Crippen LogP contribution in [-0.2, 0) is 32.6 Å². The summed E-state index contributed by atoms with van der Waals surface area (Å²) in [5.41, 5.74) is 0. The van der Waals surface area contributed by atoms with Crippen LogP contribution in [0.15, 0.2) is 33.7 Å². The molecule has 158 valence electrons. The van der Waals surface area contributed by atoms with Crippen LogP contribution in [0, 0.1) is 11.8 Å². The Labute approximate surface area is 175 Å². The highest BCUT2D eigenvalue weighted by atomic mass is 35.5. The number of sulfonamides is 1. The SMILES string of the molecule is CC(C)Cc1noc(COC(=O)C2CCCN(S(=O)(=O)c3ccc(Cl)cc3)C2)n1. The number of benzene rings is 1. The Morgan fingerprint density at radius 3 is 2.76 bits per heavy atom. The van der Waals surface area contributed by atoms with Crippen LogP contribution < -0.4 is 0 Å². The monoisotopic (exact) mass is 441 g/mol. The maximum atomic E-state index is 12.8. The molecule has 0 aliphatic carbocycles. The third-order valence-corrected chi connectivity index (χ3v) is 6.74. The Hall–Kier alpha value is -1.97. The molecule has 1 aromatic carbocycles. The highest BCUT2D eigenvalue weighted by Crippen LogP contribution is 2.25. The van der Waals surface area contributed by atoms with Gasteiger partial charge in [0.25, 0.3) is 5.89 Å². The molecule has 2 heterocycles. The summed E-state index contributed by atoms with van der Waals surface area (Å²) in [6.45, 7) is 4.40. The molecule has 1 atom stereocenters. The average Bonchev–Trinajstić information content (AvgIpc) is 3.13. The lowest BCUT2D eigenvalue weighted by Crippen LogP contribution is -2.42. The second-order valence-corrected chi connectivity index (χ2v) is 9.84. The lowest BCUT2D eigenvalue weighted by molar-refractivity contribution is -0.151. The fourth-order valence-electron chi connectivity index (χ4n) is 3.16. The summed E-state index contributed by atoms with van der Waals surface area (Å²) in [5, 5.41) is 4.32. The minimum atomic E-state index is -3.69. The van der Waals surface area contributed by atoms with Crippen molar-refractivity contribution in [3.05, 3.63) is 41.0 Å². The van der Waals surface area contributed by atoms with E-state index in [9.17, 15) is 13.2 Å². The van der Waals surface area contributed by atoms with E-state index >= 15 is 0 Å². The number of nitrogens with zero attached hydrogens (tertiary/aromatic N) is 3. The molecule has 3 rings (SSSR count). The maximum Gasteiger partial charge on any atom is 0.310 e. The van der Waals surface area contributed by atoms with Crippen LogP contribution in [0.4, 0.5) is 0 Å². The minimum Gasteiger partial charge on any atom is -0.455 e. The summed E-state index contributed by atoms with van der Waals surface area (Å²) in [6, 6.07) is 5.98. The number of piperidine rings is 1. The summed E-state index contributed by atoms with van der Waals surface area (Å²) >= 11 is 5.84. The van der Waals surface area contributed by atoms with Gasteiger partial charge in [-0.05, 0) is 43.0 Å². The molecule has 1 unspecified atom stereocenters. The molecule has 0 radical (unpaired) electrons. The van der Waals surface area contributed by atoms with Gasteiger partial charge in [0.15, 0.2) is 12.4 Å². The standard InChI is InChI=1S/C19H24ClN3O5S/c1-13(2)10-17-21-18(28-22-17)12-27-19(24)14-4-3-9-23(11-14)29(25,26)16-7-5-15(20)6-8-16/h5-8,13-14H,3-4,9-12H2,1-2H3. The van der Waals surface area contributed by atoms with Crippen LogP contribution >= 0.6 is 11.6 Å². The minimum absolute atomic E-state index is 0.0756. The second-order valence-electron chi connectivity index (χ2n) is 7.47. The van der Waals surface area contributed by atoms with Gasteiger partial charge in [-0.25, -0.2) is 8.42 Å². The number of aromatic nitrogens is 2. The molecule has 2 aromatic rings. The molecule has 29 heavy (non-hydrogen) atoms. The topological polar surface area (TPSA) is 103 Å². The van der Waals surface area contributed by atoms with E-state index in [1.54, 1.807) is 0 Å². The summed E-state index contributed by atoms with van der Waals surface area (Å²) in [6.07, 6.45) is 1.82. The molecule has 8 nitrogen and oxygen atoms in total. The number of carbonyl (C=O) groups is 1. The Morgan fingerprint density at radius 2 is 2.07 bits per heavy atom. The Balaban J connectivity index is 1.59. The number of hydrogen-bond acceptors (Lipinski definition) is 7. The van der Waals surface area contributed by atoms with Crippen LogP contribution in [0.1, 0.15) is 38.4 Å². The molecule has 1 fully saturated rings. The average molecular weight is 442 g/mol. The third-order valence-electron chi connectivity index (χ3n) is 4.61. The second kappa shape index (κ2) is 9.23. The highest BCUT2D eigenvalue weighted by molar-refractivity contribution is 7.89. The van der Waals surface area contributed by atoms with Gasteiger partial charge >= 0.3 is 5.97 Å². The molecule has 0 N–H and O–H groups in total. The maximum absolute atomic E-state index is 12.8. The van der Waals surface area contributed by atoms with Gasteiger partial charge in [0.2, 0.25) is 10.0 Å². The number of carbonyl (C=O) groups excluding carboxylic acids is 1. The lowest BCUT2D eigenvalue weighted by Gasteiger charge is -2.30. The normalized spacial score (nSPS) is 18.1. The zero-order chi connectivity index (χ0) is 21.0. The highest BCUT2D eigenvalue weighted by Gasteiger charge is 2.34. The van der Waals surface area contributed by atoms with Gasteiger partial charge in [0.1, 0.15) is 0 Å². The smallest absolute Gasteiger partial charge is 0.310 e. The first-order valence-electron chi connectivity index (χ1n) is 9.49. The van der Waals surface area contributed by atoms with E-state index in [1.807, 2.05) is 13.8 Å². The van der Waals surface area contributed by atoms with E-state index in [4.69, 9.17) is 20.9 Å². The predicted octanol–water partition coefficient (Wildman–Crippen LogP) is 3.07. The molecule has 1 aliphatic heterocycles.